The van der Waals surface area contributed by atoms with Crippen molar-refractivity contribution in [2.75, 3.05) is 0 Å². The van der Waals surface area contributed by atoms with E-state index < -0.39 is 0 Å². The van der Waals surface area contributed by atoms with E-state index in [9.17, 15) is 0 Å². The van der Waals surface area contributed by atoms with Gasteiger partial charge in [-0.05, 0) is 24.7 Å². The van der Waals surface area contributed by atoms with Crippen molar-refractivity contribution in [1.29, 1.82) is 0 Å². The summed E-state index contributed by atoms with van der Waals surface area (Å²) in [5, 5.41) is 0. The lowest BCUT2D eigenvalue weighted by Gasteiger charge is -2.29. The second-order valence-corrected chi connectivity index (χ2v) is 3.56. The molecule has 3 unspecified atom stereocenters. The van der Waals surface area contributed by atoms with Crippen molar-refractivity contribution in [2.24, 2.45) is 17.6 Å². The molecule has 0 amide bonds. The molecule has 1 rings (SSSR count). The van der Waals surface area contributed by atoms with Gasteiger partial charge >= 0.3 is 0 Å². The van der Waals surface area contributed by atoms with E-state index in [1.54, 1.807) is 0 Å². The van der Waals surface area contributed by atoms with Gasteiger partial charge in [0.05, 0.1) is 0 Å². The Balaban J connectivity index is 0.000000810. The second kappa shape index (κ2) is 4.35. The van der Waals surface area contributed by atoms with E-state index in [4.69, 9.17) is 5.73 Å². The molecule has 1 aliphatic rings. The number of nitrogens with two attached hydrogens (primary N) is 1. The molecule has 0 aromatic rings. The summed E-state index contributed by atoms with van der Waals surface area (Å²) in [6.07, 6.45) is 3.96. The van der Waals surface area contributed by atoms with Crippen molar-refractivity contribution in [2.45, 2.75) is 39.2 Å². The second-order valence-electron chi connectivity index (χ2n) is 3.56. The van der Waals surface area contributed by atoms with Crippen molar-refractivity contribution >= 4 is 17.0 Å². The normalized spacial score (nSPS) is 40.5. The smallest absolute Gasteiger partial charge is 0.00670 e. The minimum Gasteiger partial charge on any atom is -0.327 e. The molecular weight excluding hydrogens is 190 g/mol. The van der Waals surface area contributed by atoms with Crippen LogP contribution in [-0.4, -0.2) is 6.04 Å². The van der Waals surface area contributed by atoms with Crippen molar-refractivity contribution in [3.8, 4) is 0 Å². The van der Waals surface area contributed by atoms with Gasteiger partial charge in [0.2, 0.25) is 0 Å². The Morgan fingerprint density at radius 3 is 2.20 bits per heavy atom. The summed E-state index contributed by atoms with van der Waals surface area (Å²) >= 11 is 0. The van der Waals surface area contributed by atoms with Crippen LogP contribution in [0.1, 0.15) is 33.1 Å². The molecule has 0 aliphatic heterocycles. The zero-order chi connectivity index (χ0) is 6.85. The molecule has 0 aromatic heterocycles. The highest BCUT2D eigenvalue weighted by Crippen LogP contribution is 2.26. The van der Waals surface area contributed by atoms with Crippen molar-refractivity contribution in [1.82, 2.24) is 0 Å². The third-order valence-corrected chi connectivity index (χ3v) is 2.52. The molecule has 1 aliphatic carbocycles. The van der Waals surface area contributed by atoms with Crippen LogP contribution in [0.25, 0.3) is 0 Å². The summed E-state index contributed by atoms with van der Waals surface area (Å²) in [4.78, 5) is 0. The van der Waals surface area contributed by atoms with Crippen LogP contribution < -0.4 is 5.73 Å². The van der Waals surface area contributed by atoms with Crippen molar-refractivity contribution in [3.05, 3.63) is 0 Å². The first-order valence-electron chi connectivity index (χ1n) is 3.95. The maximum absolute atomic E-state index is 5.87. The summed E-state index contributed by atoms with van der Waals surface area (Å²) in [6, 6.07) is 0.480. The topological polar surface area (TPSA) is 26.0 Å². The highest BCUT2D eigenvalue weighted by Gasteiger charge is 2.21. The average molecular weight is 208 g/mol. The van der Waals surface area contributed by atoms with Gasteiger partial charge in [-0.25, -0.2) is 0 Å². The molecule has 0 bridgehead atoms. The molecule has 3 atom stereocenters. The Hall–Kier alpha value is 0.440. The molecule has 0 heterocycles. The summed E-state index contributed by atoms with van der Waals surface area (Å²) < 4.78 is 0. The Morgan fingerprint density at radius 1 is 1.20 bits per heavy atom. The Labute approximate surface area is 74.1 Å². The van der Waals surface area contributed by atoms with E-state index in [1.165, 1.54) is 19.3 Å². The molecule has 1 fully saturated rings. The SMILES string of the molecule is Br.CC1CCC(C)C(N)C1. The van der Waals surface area contributed by atoms with Gasteiger partial charge in [0.1, 0.15) is 0 Å². The van der Waals surface area contributed by atoms with E-state index >= 15 is 0 Å². The highest BCUT2D eigenvalue weighted by molar-refractivity contribution is 8.93. The summed E-state index contributed by atoms with van der Waals surface area (Å²) in [5.74, 6) is 1.64. The lowest BCUT2D eigenvalue weighted by molar-refractivity contribution is 0.266. The predicted molar refractivity (Wildman–Crippen MR) is 50.5 cm³/mol. The van der Waals surface area contributed by atoms with Gasteiger partial charge < -0.3 is 5.73 Å². The summed E-state index contributed by atoms with van der Waals surface area (Å²) in [5.41, 5.74) is 5.87. The van der Waals surface area contributed by atoms with E-state index in [2.05, 4.69) is 13.8 Å². The molecule has 0 spiro atoms. The fraction of sp³-hybridized carbons (Fsp3) is 1.00. The summed E-state index contributed by atoms with van der Waals surface area (Å²) in [6.45, 7) is 4.56. The number of hydrogen-bond donors (Lipinski definition) is 1. The van der Waals surface area contributed by atoms with Crippen molar-refractivity contribution in [3.63, 3.8) is 0 Å². The van der Waals surface area contributed by atoms with Crippen LogP contribution in [0.4, 0.5) is 0 Å². The van der Waals surface area contributed by atoms with Gasteiger partial charge in [0, 0.05) is 6.04 Å². The molecule has 0 aromatic carbocycles. The summed E-state index contributed by atoms with van der Waals surface area (Å²) in [7, 11) is 0. The van der Waals surface area contributed by atoms with Crippen LogP contribution in [0.5, 0.6) is 0 Å². The Kier molecular flexibility index (Phi) is 4.54. The van der Waals surface area contributed by atoms with E-state index in [0.717, 1.165) is 11.8 Å². The highest BCUT2D eigenvalue weighted by atomic mass is 79.9. The maximum atomic E-state index is 5.87. The van der Waals surface area contributed by atoms with E-state index in [-0.39, 0.29) is 17.0 Å². The molecule has 10 heavy (non-hydrogen) atoms. The first kappa shape index (κ1) is 10.4. The quantitative estimate of drug-likeness (QED) is 0.649. The molecule has 62 valence electrons. The zero-order valence-corrected chi connectivity index (χ0v) is 8.55. The van der Waals surface area contributed by atoms with Crippen LogP contribution in [0.2, 0.25) is 0 Å². The van der Waals surface area contributed by atoms with Gasteiger partial charge in [0.25, 0.3) is 0 Å². The molecule has 0 saturated heterocycles. The lowest BCUT2D eigenvalue weighted by Crippen LogP contribution is -2.34. The minimum atomic E-state index is 0. The number of hydrogen-bond acceptors (Lipinski definition) is 1. The third-order valence-electron chi connectivity index (χ3n) is 2.52. The fourth-order valence-electron chi connectivity index (χ4n) is 1.58. The molecular formula is C8H18BrN. The van der Waals surface area contributed by atoms with Crippen LogP contribution in [0, 0.1) is 11.8 Å². The predicted octanol–water partition coefficient (Wildman–Crippen LogP) is 2.35. The Bertz CT molecular complexity index is 95.3. The minimum absolute atomic E-state index is 0. The molecule has 0 radical (unpaired) electrons. The van der Waals surface area contributed by atoms with Gasteiger partial charge in [-0.3, -0.25) is 0 Å². The molecule has 2 N–H and O–H groups in total. The van der Waals surface area contributed by atoms with Crippen molar-refractivity contribution < 1.29 is 0 Å². The lowest BCUT2D eigenvalue weighted by atomic mass is 9.81. The van der Waals surface area contributed by atoms with Crippen LogP contribution in [0.15, 0.2) is 0 Å². The largest absolute Gasteiger partial charge is 0.327 e. The standard InChI is InChI=1S/C8H17N.BrH/c1-6-3-4-7(2)8(9)5-6;/h6-8H,3-5,9H2,1-2H3;1H. The monoisotopic (exact) mass is 207 g/mol. The van der Waals surface area contributed by atoms with Gasteiger partial charge in [0.15, 0.2) is 0 Å². The van der Waals surface area contributed by atoms with Crippen LogP contribution in [-0.2, 0) is 0 Å². The maximum Gasteiger partial charge on any atom is 0.00670 e. The van der Waals surface area contributed by atoms with Gasteiger partial charge in [-0.1, -0.05) is 20.3 Å². The zero-order valence-electron chi connectivity index (χ0n) is 6.84. The van der Waals surface area contributed by atoms with Crippen LogP contribution >= 0.6 is 17.0 Å². The van der Waals surface area contributed by atoms with E-state index in [0.29, 0.717) is 6.04 Å². The first-order valence-corrected chi connectivity index (χ1v) is 3.95. The molecule has 2 heteroatoms. The average Bonchev–Trinajstić information content (AvgIpc) is 1.80. The third kappa shape index (κ3) is 2.59. The first-order chi connectivity index (χ1) is 4.20. The van der Waals surface area contributed by atoms with Gasteiger partial charge in [-0.15, -0.1) is 17.0 Å². The van der Waals surface area contributed by atoms with E-state index in [1.807, 2.05) is 0 Å². The fourth-order valence-corrected chi connectivity index (χ4v) is 1.58. The van der Waals surface area contributed by atoms with Crippen LogP contribution in [0.3, 0.4) is 0 Å². The molecule has 1 saturated carbocycles. The number of rotatable bonds is 0. The van der Waals surface area contributed by atoms with Gasteiger partial charge in [-0.2, -0.15) is 0 Å². The Morgan fingerprint density at radius 2 is 1.80 bits per heavy atom. The molecule has 1 nitrogen and oxygen atoms in total. The number of halogens is 1.